The number of ether oxygens (including phenoxy) is 3. The van der Waals surface area contributed by atoms with Gasteiger partial charge in [0.15, 0.2) is 11.5 Å². The fraction of sp³-hybridized carbons (Fsp3) is 0.538. The number of hydrogen-bond acceptors (Lipinski definition) is 4. The molecule has 0 aliphatic carbocycles. The van der Waals surface area contributed by atoms with Crippen LogP contribution in [-0.2, 0) is 11.3 Å². The van der Waals surface area contributed by atoms with Gasteiger partial charge in [-0.2, -0.15) is 13.2 Å². The van der Waals surface area contributed by atoms with Crippen molar-refractivity contribution in [2.45, 2.75) is 19.1 Å². The largest absolute Gasteiger partial charge is 0.493 e. The quantitative estimate of drug-likeness (QED) is 0.748. The first-order valence-corrected chi connectivity index (χ1v) is 6.10. The van der Waals surface area contributed by atoms with Crippen LogP contribution in [0.15, 0.2) is 18.2 Å². The molecule has 1 aromatic carbocycles. The first kappa shape index (κ1) is 16.6. The molecule has 0 heterocycles. The van der Waals surface area contributed by atoms with Crippen molar-refractivity contribution in [3.63, 3.8) is 0 Å². The van der Waals surface area contributed by atoms with Gasteiger partial charge in [-0.15, -0.1) is 0 Å². The predicted octanol–water partition coefficient (Wildman–Crippen LogP) is 2.50. The van der Waals surface area contributed by atoms with Crippen molar-refractivity contribution >= 4 is 0 Å². The summed E-state index contributed by atoms with van der Waals surface area (Å²) in [5, 5.41) is 0. The van der Waals surface area contributed by atoms with Crippen LogP contribution < -0.4 is 15.2 Å². The molecule has 2 N–H and O–H groups in total. The van der Waals surface area contributed by atoms with E-state index in [4.69, 9.17) is 15.2 Å². The number of rotatable bonds is 8. The highest BCUT2D eigenvalue weighted by Crippen LogP contribution is 2.28. The van der Waals surface area contributed by atoms with Crippen molar-refractivity contribution in [3.8, 4) is 11.5 Å². The zero-order valence-electron chi connectivity index (χ0n) is 11.2. The molecule has 4 nitrogen and oxygen atoms in total. The number of methoxy groups -OCH3 is 1. The maximum atomic E-state index is 11.8. The average Bonchev–Trinajstić information content (AvgIpc) is 2.41. The van der Waals surface area contributed by atoms with Gasteiger partial charge in [-0.3, -0.25) is 0 Å². The molecule has 0 saturated carbocycles. The van der Waals surface area contributed by atoms with Gasteiger partial charge in [-0.05, 0) is 17.7 Å². The molecule has 114 valence electrons. The van der Waals surface area contributed by atoms with E-state index in [1.807, 2.05) is 0 Å². The molecule has 0 fully saturated rings. The van der Waals surface area contributed by atoms with Crippen LogP contribution in [0, 0.1) is 0 Å². The van der Waals surface area contributed by atoms with Crippen LogP contribution in [0.2, 0.25) is 0 Å². The number of alkyl halides is 3. The van der Waals surface area contributed by atoms with E-state index in [2.05, 4.69) is 4.74 Å². The Balaban J connectivity index is 2.31. The summed E-state index contributed by atoms with van der Waals surface area (Å²) in [6, 6.07) is 5.28. The van der Waals surface area contributed by atoms with Gasteiger partial charge in [0.25, 0.3) is 0 Å². The first-order chi connectivity index (χ1) is 9.46. The molecule has 0 amide bonds. The molecule has 20 heavy (non-hydrogen) atoms. The van der Waals surface area contributed by atoms with Crippen molar-refractivity contribution < 1.29 is 27.4 Å². The zero-order valence-corrected chi connectivity index (χ0v) is 11.2. The smallest absolute Gasteiger partial charge is 0.411 e. The van der Waals surface area contributed by atoms with Gasteiger partial charge in [-0.25, -0.2) is 0 Å². The Labute approximate surface area is 115 Å². The molecule has 1 rings (SSSR count). The molecule has 0 aromatic heterocycles. The van der Waals surface area contributed by atoms with Crippen LogP contribution in [0.4, 0.5) is 13.2 Å². The minimum Gasteiger partial charge on any atom is -0.493 e. The standard InChI is InChI=1S/C13H18F3NO3/c1-18-12-7-10(8-17)3-4-11(12)20-6-2-5-19-9-13(14,15)16/h3-4,7H,2,5-6,8-9,17H2,1H3. The lowest BCUT2D eigenvalue weighted by molar-refractivity contribution is -0.174. The highest BCUT2D eigenvalue weighted by atomic mass is 19.4. The molecule has 0 radical (unpaired) electrons. The molecule has 0 unspecified atom stereocenters. The molecule has 0 aliphatic heterocycles. The summed E-state index contributed by atoms with van der Waals surface area (Å²) in [5.74, 6) is 1.07. The van der Waals surface area contributed by atoms with Gasteiger partial charge >= 0.3 is 6.18 Å². The second kappa shape index (κ2) is 7.96. The van der Waals surface area contributed by atoms with E-state index < -0.39 is 12.8 Å². The van der Waals surface area contributed by atoms with Gasteiger partial charge in [0.2, 0.25) is 0 Å². The van der Waals surface area contributed by atoms with Gasteiger partial charge in [0, 0.05) is 13.0 Å². The number of nitrogens with two attached hydrogens (primary N) is 1. The van der Waals surface area contributed by atoms with E-state index in [1.54, 1.807) is 18.2 Å². The molecule has 0 atom stereocenters. The summed E-state index contributed by atoms with van der Waals surface area (Å²) in [6.07, 6.45) is -3.93. The van der Waals surface area contributed by atoms with E-state index in [0.717, 1.165) is 5.56 Å². The van der Waals surface area contributed by atoms with Crippen LogP contribution in [0.3, 0.4) is 0 Å². The van der Waals surface area contributed by atoms with Crippen molar-refractivity contribution in [1.29, 1.82) is 0 Å². The molecule has 7 heteroatoms. The predicted molar refractivity (Wildman–Crippen MR) is 67.9 cm³/mol. The van der Waals surface area contributed by atoms with Gasteiger partial charge in [-0.1, -0.05) is 6.07 Å². The summed E-state index contributed by atoms with van der Waals surface area (Å²) >= 11 is 0. The Morgan fingerprint density at radius 1 is 1.15 bits per heavy atom. The lowest BCUT2D eigenvalue weighted by Gasteiger charge is -2.12. The normalized spacial score (nSPS) is 11.4. The summed E-state index contributed by atoms with van der Waals surface area (Å²) in [5.41, 5.74) is 6.41. The van der Waals surface area contributed by atoms with E-state index in [1.165, 1.54) is 7.11 Å². The Kier molecular flexibility index (Phi) is 6.60. The molecular formula is C13H18F3NO3. The molecule has 0 bridgehead atoms. The number of hydrogen-bond donors (Lipinski definition) is 1. The number of benzene rings is 1. The molecule has 0 spiro atoms. The maximum absolute atomic E-state index is 11.8. The van der Waals surface area contributed by atoms with Crippen LogP contribution in [-0.4, -0.2) is 33.1 Å². The summed E-state index contributed by atoms with van der Waals surface area (Å²) < 4.78 is 50.5. The van der Waals surface area contributed by atoms with Gasteiger partial charge < -0.3 is 19.9 Å². The van der Waals surface area contributed by atoms with Crippen molar-refractivity contribution in [2.75, 3.05) is 26.9 Å². The molecule has 0 aliphatic rings. The Morgan fingerprint density at radius 2 is 1.90 bits per heavy atom. The fourth-order valence-electron chi connectivity index (χ4n) is 1.49. The third kappa shape index (κ3) is 6.12. The maximum Gasteiger partial charge on any atom is 0.411 e. The minimum absolute atomic E-state index is 0.0112. The fourth-order valence-corrected chi connectivity index (χ4v) is 1.49. The Morgan fingerprint density at radius 3 is 2.50 bits per heavy atom. The van der Waals surface area contributed by atoms with E-state index >= 15 is 0 Å². The highest BCUT2D eigenvalue weighted by Gasteiger charge is 2.27. The molecular weight excluding hydrogens is 275 g/mol. The van der Waals surface area contributed by atoms with E-state index in [-0.39, 0.29) is 13.2 Å². The van der Waals surface area contributed by atoms with E-state index in [9.17, 15) is 13.2 Å². The van der Waals surface area contributed by atoms with Crippen molar-refractivity contribution in [2.24, 2.45) is 5.73 Å². The monoisotopic (exact) mass is 293 g/mol. The van der Waals surface area contributed by atoms with Crippen LogP contribution >= 0.6 is 0 Å². The van der Waals surface area contributed by atoms with Crippen molar-refractivity contribution in [1.82, 2.24) is 0 Å². The Hall–Kier alpha value is -1.47. The second-order valence-corrected chi connectivity index (χ2v) is 4.06. The highest BCUT2D eigenvalue weighted by molar-refractivity contribution is 5.42. The number of halogens is 3. The van der Waals surface area contributed by atoms with Crippen molar-refractivity contribution in [3.05, 3.63) is 23.8 Å². The summed E-state index contributed by atoms with van der Waals surface area (Å²) in [6.45, 7) is -0.609. The van der Waals surface area contributed by atoms with Crippen LogP contribution in [0.1, 0.15) is 12.0 Å². The molecule has 0 saturated heterocycles. The first-order valence-electron chi connectivity index (χ1n) is 6.10. The SMILES string of the molecule is COc1cc(CN)ccc1OCCCOCC(F)(F)F. The second-order valence-electron chi connectivity index (χ2n) is 4.06. The lowest BCUT2D eigenvalue weighted by Crippen LogP contribution is -2.18. The zero-order chi connectivity index (χ0) is 15.0. The topological polar surface area (TPSA) is 53.7 Å². The van der Waals surface area contributed by atoms with Gasteiger partial charge in [0.05, 0.1) is 20.3 Å². The summed E-state index contributed by atoms with van der Waals surface area (Å²) in [7, 11) is 1.51. The van der Waals surface area contributed by atoms with Crippen LogP contribution in [0.25, 0.3) is 0 Å². The third-order valence-corrected chi connectivity index (χ3v) is 2.42. The lowest BCUT2D eigenvalue weighted by atomic mass is 10.2. The third-order valence-electron chi connectivity index (χ3n) is 2.42. The van der Waals surface area contributed by atoms with E-state index in [0.29, 0.717) is 24.5 Å². The van der Waals surface area contributed by atoms with Gasteiger partial charge in [0.1, 0.15) is 6.61 Å². The van der Waals surface area contributed by atoms with Crippen LogP contribution in [0.5, 0.6) is 11.5 Å². The average molecular weight is 293 g/mol. The Bertz CT molecular complexity index is 410. The minimum atomic E-state index is -4.29. The molecule has 1 aromatic rings. The summed E-state index contributed by atoms with van der Waals surface area (Å²) in [4.78, 5) is 0.